The number of urea groups is 1. The fraction of sp³-hybridized carbons (Fsp3) is 0.357. The van der Waals surface area contributed by atoms with Gasteiger partial charge in [-0.1, -0.05) is 18.2 Å². The van der Waals surface area contributed by atoms with E-state index >= 15 is 0 Å². The zero-order valence-electron chi connectivity index (χ0n) is 11.2. The van der Waals surface area contributed by atoms with Crippen LogP contribution in [0.3, 0.4) is 0 Å². The van der Waals surface area contributed by atoms with E-state index in [9.17, 15) is 4.79 Å². The van der Waals surface area contributed by atoms with Gasteiger partial charge in [0.15, 0.2) is 6.73 Å². The van der Waals surface area contributed by atoms with Crippen molar-refractivity contribution in [3.63, 3.8) is 0 Å². The van der Waals surface area contributed by atoms with Crippen LogP contribution in [0.25, 0.3) is 0 Å². The van der Waals surface area contributed by atoms with Crippen LogP contribution < -0.4 is 15.4 Å². The Morgan fingerprint density at radius 3 is 2.61 bits per heavy atom. The van der Waals surface area contributed by atoms with E-state index < -0.39 is 0 Å². The van der Waals surface area contributed by atoms with E-state index in [1.807, 2.05) is 26.8 Å². The Labute approximate surface area is 108 Å². The first-order valence-electron chi connectivity index (χ1n) is 5.88. The molecule has 0 unspecified atom stereocenters. The van der Waals surface area contributed by atoms with Crippen LogP contribution in [0.5, 0.6) is 5.75 Å². The summed E-state index contributed by atoms with van der Waals surface area (Å²) in [5.41, 5.74) is 3.33. The number of aryl methyl sites for hydroxylation is 2. The number of carbonyl (C=O) groups is 1. The third-order valence-corrected chi connectivity index (χ3v) is 2.73. The summed E-state index contributed by atoms with van der Waals surface area (Å²) in [6.07, 6.45) is 1.62. The third kappa shape index (κ3) is 3.80. The van der Waals surface area contributed by atoms with E-state index in [1.54, 1.807) is 6.08 Å². The van der Waals surface area contributed by atoms with Gasteiger partial charge in [-0.15, -0.1) is 6.58 Å². The molecular formula is C14H20N2O2. The molecule has 4 nitrogen and oxygen atoms in total. The normalized spacial score (nSPS) is 9.72. The second-order valence-electron chi connectivity index (χ2n) is 4.12. The van der Waals surface area contributed by atoms with Crippen molar-refractivity contribution < 1.29 is 9.53 Å². The van der Waals surface area contributed by atoms with E-state index in [2.05, 4.69) is 23.3 Å². The van der Waals surface area contributed by atoms with Crippen molar-refractivity contribution in [2.24, 2.45) is 0 Å². The van der Waals surface area contributed by atoms with Crippen LogP contribution >= 0.6 is 0 Å². The van der Waals surface area contributed by atoms with E-state index in [-0.39, 0.29) is 12.8 Å². The van der Waals surface area contributed by atoms with Crippen molar-refractivity contribution in [3.05, 3.63) is 41.5 Å². The fourth-order valence-corrected chi connectivity index (χ4v) is 1.55. The molecule has 1 rings (SSSR count). The molecule has 0 saturated carbocycles. The van der Waals surface area contributed by atoms with Gasteiger partial charge in [0.1, 0.15) is 5.75 Å². The van der Waals surface area contributed by atoms with E-state index in [1.165, 1.54) is 5.56 Å². The summed E-state index contributed by atoms with van der Waals surface area (Å²) in [5, 5.41) is 5.23. The Morgan fingerprint density at radius 2 is 1.94 bits per heavy atom. The Balaban J connectivity index is 2.51. The first kappa shape index (κ1) is 14.1. The Morgan fingerprint density at radius 1 is 1.28 bits per heavy atom. The Bertz CT molecular complexity index is 442. The second-order valence-corrected chi connectivity index (χ2v) is 4.12. The summed E-state index contributed by atoms with van der Waals surface area (Å²) in [6.45, 7) is 10.1. The molecule has 2 N–H and O–H groups in total. The number of carbonyl (C=O) groups excluding carboxylic acids is 1. The highest BCUT2D eigenvalue weighted by Crippen LogP contribution is 2.25. The number of nitrogens with one attached hydrogen (secondary N) is 2. The average molecular weight is 248 g/mol. The fourth-order valence-electron chi connectivity index (χ4n) is 1.55. The van der Waals surface area contributed by atoms with Gasteiger partial charge >= 0.3 is 6.03 Å². The average Bonchev–Trinajstić information content (AvgIpc) is 2.35. The van der Waals surface area contributed by atoms with Crippen molar-refractivity contribution in [1.29, 1.82) is 0 Å². The number of hydrogen-bond donors (Lipinski definition) is 2. The molecular weight excluding hydrogens is 228 g/mol. The van der Waals surface area contributed by atoms with Crippen LogP contribution in [0.15, 0.2) is 24.8 Å². The molecule has 0 atom stereocenters. The summed E-state index contributed by atoms with van der Waals surface area (Å²) in [4.78, 5) is 11.3. The number of ether oxygens (including phenoxy) is 1. The number of amides is 2. The maximum Gasteiger partial charge on any atom is 0.317 e. The maximum atomic E-state index is 11.3. The van der Waals surface area contributed by atoms with Gasteiger partial charge in [0.05, 0.1) is 0 Å². The molecule has 0 aliphatic carbocycles. The van der Waals surface area contributed by atoms with Crippen LogP contribution in [-0.4, -0.2) is 19.3 Å². The summed E-state index contributed by atoms with van der Waals surface area (Å²) >= 11 is 0. The molecule has 0 saturated heterocycles. The highest BCUT2D eigenvalue weighted by molar-refractivity contribution is 5.73. The highest BCUT2D eigenvalue weighted by Gasteiger charge is 2.06. The summed E-state index contributed by atoms with van der Waals surface area (Å²) in [6, 6.07) is 3.80. The molecule has 98 valence electrons. The minimum absolute atomic E-state index is 0.147. The summed E-state index contributed by atoms with van der Waals surface area (Å²) in [5.74, 6) is 0.832. The smallest absolute Gasteiger partial charge is 0.317 e. The van der Waals surface area contributed by atoms with Gasteiger partial charge in [-0.3, -0.25) is 0 Å². The van der Waals surface area contributed by atoms with Gasteiger partial charge in [0.25, 0.3) is 0 Å². The molecule has 0 spiro atoms. The molecule has 1 aromatic carbocycles. The van der Waals surface area contributed by atoms with Gasteiger partial charge in [-0.25, -0.2) is 4.79 Å². The molecule has 0 aromatic heterocycles. The maximum absolute atomic E-state index is 11.3. The first-order valence-corrected chi connectivity index (χ1v) is 5.88. The molecule has 18 heavy (non-hydrogen) atoms. The quantitative estimate of drug-likeness (QED) is 0.621. The van der Waals surface area contributed by atoms with Gasteiger partial charge in [-0.2, -0.15) is 0 Å². The number of hydrogen-bond acceptors (Lipinski definition) is 2. The van der Waals surface area contributed by atoms with Gasteiger partial charge in [0, 0.05) is 6.54 Å². The van der Waals surface area contributed by atoms with Crippen LogP contribution in [0.4, 0.5) is 4.79 Å². The second kappa shape index (κ2) is 6.69. The van der Waals surface area contributed by atoms with Crippen LogP contribution in [0, 0.1) is 20.8 Å². The van der Waals surface area contributed by atoms with Crippen molar-refractivity contribution in [2.75, 3.05) is 13.3 Å². The molecule has 0 aliphatic rings. The summed E-state index contributed by atoms with van der Waals surface area (Å²) in [7, 11) is 0. The number of benzene rings is 1. The van der Waals surface area contributed by atoms with Crippen molar-refractivity contribution in [2.45, 2.75) is 20.8 Å². The molecule has 0 radical (unpaired) electrons. The standard InChI is InChI=1S/C14H20N2O2/c1-5-8-15-14(17)16-9-18-13-11(3)7-6-10(2)12(13)4/h5-7H,1,8-9H2,2-4H3,(H2,15,16,17). The molecule has 0 bridgehead atoms. The van der Waals surface area contributed by atoms with Gasteiger partial charge in [-0.05, 0) is 37.5 Å². The lowest BCUT2D eigenvalue weighted by Gasteiger charge is -2.14. The van der Waals surface area contributed by atoms with Crippen molar-refractivity contribution in [3.8, 4) is 5.75 Å². The minimum Gasteiger partial charge on any atom is -0.473 e. The van der Waals surface area contributed by atoms with Crippen LogP contribution in [0.1, 0.15) is 16.7 Å². The molecule has 4 heteroatoms. The molecule has 1 aromatic rings. The first-order chi connectivity index (χ1) is 8.56. The topological polar surface area (TPSA) is 50.4 Å². The lowest BCUT2D eigenvalue weighted by atomic mass is 10.1. The Hall–Kier alpha value is -1.97. The number of rotatable bonds is 5. The van der Waals surface area contributed by atoms with E-state index in [4.69, 9.17) is 4.74 Å². The summed E-state index contributed by atoms with van der Waals surface area (Å²) < 4.78 is 5.60. The molecule has 0 heterocycles. The van der Waals surface area contributed by atoms with Crippen LogP contribution in [-0.2, 0) is 0 Å². The van der Waals surface area contributed by atoms with E-state index in [0.29, 0.717) is 6.54 Å². The third-order valence-electron chi connectivity index (χ3n) is 2.73. The predicted octanol–water partition coefficient (Wildman–Crippen LogP) is 2.43. The molecule has 2 amide bonds. The molecule has 0 fully saturated rings. The van der Waals surface area contributed by atoms with Gasteiger partial charge in [0.2, 0.25) is 0 Å². The zero-order valence-corrected chi connectivity index (χ0v) is 11.2. The largest absolute Gasteiger partial charge is 0.473 e. The highest BCUT2D eigenvalue weighted by atomic mass is 16.5. The lowest BCUT2D eigenvalue weighted by molar-refractivity contribution is 0.224. The van der Waals surface area contributed by atoms with E-state index in [0.717, 1.165) is 16.9 Å². The van der Waals surface area contributed by atoms with Crippen LogP contribution in [0.2, 0.25) is 0 Å². The SMILES string of the molecule is C=CCNC(=O)NCOc1c(C)ccc(C)c1C. The predicted molar refractivity (Wildman–Crippen MR) is 72.9 cm³/mol. The Kier molecular flexibility index (Phi) is 5.24. The monoisotopic (exact) mass is 248 g/mol. The minimum atomic E-state index is -0.266. The zero-order chi connectivity index (χ0) is 13.5. The van der Waals surface area contributed by atoms with Gasteiger partial charge < -0.3 is 15.4 Å². The molecule has 0 aliphatic heterocycles. The van der Waals surface area contributed by atoms with Crippen molar-refractivity contribution >= 4 is 6.03 Å². The van der Waals surface area contributed by atoms with Crippen molar-refractivity contribution in [1.82, 2.24) is 10.6 Å². The lowest BCUT2D eigenvalue weighted by Crippen LogP contribution is -2.37.